The summed E-state index contributed by atoms with van der Waals surface area (Å²) in [4.78, 5) is 11.1. The molecule has 2 aliphatic rings. The molecular formula is C16H23F3O3. The summed E-state index contributed by atoms with van der Waals surface area (Å²) >= 11 is 0. The number of hydrogen-bond donors (Lipinski definition) is 1. The van der Waals surface area contributed by atoms with Crippen molar-refractivity contribution in [3.63, 3.8) is 0 Å². The Bertz CT molecular complexity index is 476. The van der Waals surface area contributed by atoms with Gasteiger partial charge in [-0.1, -0.05) is 33.8 Å². The molecule has 1 heterocycles. The van der Waals surface area contributed by atoms with Gasteiger partial charge >= 0.3 is 12.1 Å². The molecule has 0 aromatic heterocycles. The second-order valence-corrected chi connectivity index (χ2v) is 7.61. The van der Waals surface area contributed by atoms with Gasteiger partial charge < -0.3 is 9.84 Å². The fraction of sp³-hybridized carbons (Fsp3) is 0.812. The van der Waals surface area contributed by atoms with E-state index >= 15 is 0 Å². The quantitative estimate of drug-likeness (QED) is 0.793. The topological polar surface area (TPSA) is 46.5 Å². The first kappa shape index (κ1) is 17.3. The number of rotatable bonds is 1. The summed E-state index contributed by atoms with van der Waals surface area (Å²) in [6.45, 7) is 8.32. The molecule has 1 aliphatic carbocycles. The number of carboxylic acids is 1. The average Bonchev–Trinajstić information content (AvgIpc) is 2.33. The van der Waals surface area contributed by atoms with Crippen LogP contribution in [0.5, 0.6) is 0 Å². The number of carbonyl (C=O) groups is 1. The number of ether oxygens (including phenoxy) is 1. The summed E-state index contributed by atoms with van der Waals surface area (Å²) in [6, 6.07) is 0. The van der Waals surface area contributed by atoms with Crippen LogP contribution in [-0.4, -0.2) is 29.5 Å². The van der Waals surface area contributed by atoms with E-state index in [2.05, 4.69) is 27.7 Å². The SMILES string of the molecule is CC1CC2C=C(C(=O)O)C(C(F)(F)F)OC2CC1C(C)(C)C. The lowest BCUT2D eigenvalue weighted by Gasteiger charge is -2.47. The normalized spacial score (nSPS) is 36.5. The standard InChI is InChI=1S/C16H23F3O3/c1-8-5-9-6-10(14(20)21)13(16(17,18)19)22-12(9)7-11(8)15(2,3)4/h6,8-9,11-13H,5,7H2,1-4H3,(H,20,21). The van der Waals surface area contributed by atoms with Crippen molar-refractivity contribution < 1.29 is 27.8 Å². The van der Waals surface area contributed by atoms with Crippen molar-refractivity contribution in [2.24, 2.45) is 23.2 Å². The van der Waals surface area contributed by atoms with Gasteiger partial charge in [-0.2, -0.15) is 13.2 Å². The molecule has 126 valence electrons. The third-order valence-corrected chi connectivity index (χ3v) is 4.94. The van der Waals surface area contributed by atoms with Gasteiger partial charge in [0.15, 0.2) is 6.10 Å². The van der Waals surface area contributed by atoms with E-state index in [9.17, 15) is 18.0 Å². The minimum absolute atomic E-state index is 0.0156. The zero-order chi connectivity index (χ0) is 16.9. The number of aliphatic carboxylic acids is 1. The Labute approximate surface area is 128 Å². The third kappa shape index (κ3) is 3.31. The highest BCUT2D eigenvalue weighted by atomic mass is 19.4. The van der Waals surface area contributed by atoms with Gasteiger partial charge in [0.25, 0.3) is 0 Å². The number of fused-ring (bicyclic) bond motifs is 1. The largest absolute Gasteiger partial charge is 0.478 e. The molecule has 2 rings (SSSR count). The highest BCUT2D eigenvalue weighted by molar-refractivity contribution is 5.88. The Kier molecular flexibility index (Phi) is 4.37. The molecule has 3 nitrogen and oxygen atoms in total. The van der Waals surface area contributed by atoms with Crippen LogP contribution in [0.15, 0.2) is 11.6 Å². The van der Waals surface area contributed by atoms with Gasteiger partial charge in [0.1, 0.15) is 0 Å². The van der Waals surface area contributed by atoms with E-state index in [1.54, 1.807) is 0 Å². The molecule has 1 fully saturated rings. The van der Waals surface area contributed by atoms with Crippen LogP contribution < -0.4 is 0 Å². The third-order valence-electron chi connectivity index (χ3n) is 4.94. The van der Waals surface area contributed by atoms with Gasteiger partial charge in [0, 0.05) is 5.92 Å². The molecule has 0 bridgehead atoms. The smallest absolute Gasteiger partial charge is 0.419 e. The van der Waals surface area contributed by atoms with Gasteiger partial charge in [-0.25, -0.2) is 4.79 Å². The van der Waals surface area contributed by atoms with Crippen molar-refractivity contribution in [1.82, 2.24) is 0 Å². The second kappa shape index (κ2) is 5.55. The molecule has 0 amide bonds. The Morgan fingerprint density at radius 3 is 2.32 bits per heavy atom. The predicted octanol–water partition coefficient (Wildman–Crippen LogP) is 4.04. The molecule has 0 saturated heterocycles. The number of alkyl halides is 3. The van der Waals surface area contributed by atoms with Gasteiger partial charge in [-0.05, 0) is 30.1 Å². The maximum Gasteiger partial charge on any atom is 0.419 e. The number of hydrogen-bond acceptors (Lipinski definition) is 2. The van der Waals surface area contributed by atoms with Crippen molar-refractivity contribution in [2.45, 2.75) is 58.9 Å². The maximum atomic E-state index is 13.1. The summed E-state index contributed by atoms with van der Waals surface area (Å²) in [7, 11) is 0. The molecule has 0 aromatic carbocycles. The monoisotopic (exact) mass is 320 g/mol. The first-order valence-electron chi connectivity index (χ1n) is 7.58. The molecule has 5 unspecified atom stereocenters. The average molecular weight is 320 g/mol. The minimum Gasteiger partial charge on any atom is -0.478 e. The fourth-order valence-electron chi connectivity index (χ4n) is 3.94. The van der Waals surface area contributed by atoms with E-state index in [-0.39, 0.29) is 17.3 Å². The maximum absolute atomic E-state index is 13.1. The summed E-state index contributed by atoms with van der Waals surface area (Å²) in [5.74, 6) is -1.23. The van der Waals surface area contributed by atoms with Crippen molar-refractivity contribution in [2.75, 3.05) is 0 Å². The molecule has 5 atom stereocenters. The van der Waals surface area contributed by atoms with E-state index in [0.29, 0.717) is 18.8 Å². The van der Waals surface area contributed by atoms with E-state index in [1.807, 2.05) is 0 Å². The van der Waals surface area contributed by atoms with Gasteiger partial charge in [-0.3, -0.25) is 0 Å². The van der Waals surface area contributed by atoms with Gasteiger partial charge in [0.05, 0.1) is 11.7 Å². The van der Waals surface area contributed by atoms with Crippen molar-refractivity contribution in [1.29, 1.82) is 0 Å². The van der Waals surface area contributed by atoms with Crippen LogP contribution in [0.2, 0.25) is 0 Å². The number of carboxylic acid groups (broad SMARTS) is 1. The highest BCUT2D eigenvalue weighted by Gasteiger charge is 2.52. The molecule has 0 aromatic rings. The first-order valence-corrected chi connectivity index (χ1v) is 7.58. The molecule has 1 aliphatic heterocycles. The molecule has 0 radical (unpaired) electrons. The summed E-state index contributed by atoms with van der Waals surface area (Å²) in [6.07, 6.45) is -5.10. The first-order chi connectivity index (χ1) is 9.91. The van der Waals surface area contributed by atoms with E-state index in [1.165, 1.54) is 6.08 Å². The Hall–Kier alpha value is -1.04. The van der Waals surface area contributed by atoms with E-state index in [0.717, 1.165) is 0 Å². The zero-order valence-electron chi connectivity index (χ0n) is 13.3. The van der Waals surface area contributed by atoms with Crippen molar-refractivity contribution >= 4 is 5.97 Å². The lowest BCUT2D eigenvalue weighted by atomic mass is 9.63. The zero-order valence-corrected chi connectivity index (χ0v) is 13.3. The lowest BCUT2D eigenvalue weighted by Crippen LogP contribution is -2.49. The van der Waals surface area contributed by atoms with Crippen LogP contribution in [-0.2, 0) is 9.53 Å². The van der Waals surface area contributed by atoms with Crippen LogP contribution in [0.25, 0.3) is 0 Å². The van der Waals surface area contributed by atoms with Crippen molar-refractivity contribution in [3.05, 3.63) is 11.6 Å². The molecule has 6 heteroatoms. The van der Waals surface area contributed by atoms with Gasteiger partial charge in [0.2, 0.25) is 0 Å². The Morgan fingerprint density at radius 2 is 1.86 bits per heavy atom. The summed E-state index contributed by atoms with van der Waals surface area (Å²) in [5.41, 5.74) is -0.687. The predicted molar refractivity (Wildman–Crippen MR) is 75.3 cm³/mol. The van der Waals surface area contributed by atoms with Gasteiger partial charge in [-0.15, -0.1) is 0 Å². The Balaban J connectivity index is 2.31. The van der Waals surface area contributed by atoms with E-state index in [4.69, 9.17) is 9.84 Å². The highest BCUT2D eigenvalue weighted by Crippen LogP contribution is 2.48. The Morgan fingerprint density at radius 1 is 1.27 bits per heavy atom. The molecular weight excluding hydrogens is 297 g/mol. The summed E-state index contributed by atoms with van der Waals surface area (Å²) < 4.78 is 44.5. The molecule has 1 N–H and O–H groups in total. The summed E-state index contributed by atoms with van der Waals surface area (Å²) in [5, 5.41) is 9.06. The van der Waals surface area contributed by atoms with Crippen LogP contribution in [0.4, 0.5) is 13.2 Å². The van der Waals surface area contributed by atoms with Crippen LogP contribution >= 0.6 is 0 Å². The number of halogens is 3. The second-order valence-electron chi connectivity index (χ2n) is 7.61. The molecule has 0 spiro atoms. The van der Waals surface area contributed by atoms with Crippen LogP contribution in [0.1, 0.15) is 40.5 Å². The van der Waals surface area contributed by atoms with Crippen molar-refractivity contribution in [3.8, 4) is 0 Å². The molecule has 1 saturated carbocycles. The van der Waals surface area contributed by atoms with E-state index < -0.39 is 29.9 Å². The molecule has 22 heavy (non-hydrogen) atoms. The minimum atomic E-state index is -4.70. The lowest BCUT2D eigenvalue weighted by molar-refractivity contribution is -0.236. The van der Waals surface area contributed by atoms with Crippen LogP contribution in [0.3, 0.4) is 0 Å². The fourth-order valence-corrected chi connectivity index (χ4v) is 3.94. The van der Waals surface area contributed by atoms with Crippen LogP contribution in [0, 0.1) is 23.2 Å².